The van der Waals surface area contributed by atoms with Gasteiger partial charge in [0.1, 0.15) is 10.4 Å². The van der Waals surface area contributed by atoms with E-state index in [-0.39, 0.29) is 5.56 Å². The van der Waals surface area contributed by atoms with Crippen molar-refractivity contribution in [3.05, 3.63) is 46.3 Å². The fourth-order valence-corrected chi connectivity index (χ4v) is 3.42. The zero-order valence-corrected chi connectivity index (χ0v) is 13.7. The first-order valence-corrected chi connectivity index (χ1v) is 8.09. The summed E-state index contributed by atoms with van der Waals surface area (Å²) in [5, 5.41) is 2.00. The highest BCUT2D eigenvalue weighted by Gasteiger charge is 2.13. The molecule has 0 saturated carbocycles. The molecule has 5 heteroatoms. The highest BCUT2D eigenvalue weighted by molar-refractivity contribution is 7.17. The number of thiophene rings is 1. The van der Waals surface area contributed by atoms with E-state index in [9.17, 15) is 4.79 Å². The van der Waals surface area contributed by atoms with Gasteiger partial charge in [-0.05, 0) is 23.6 Å². The first kappa shape index (κ1) is 14.8. The van der Waals surface area contributed by atoms with E-state index in [1.807, 2.05) is 29.6 Å². The minimum Gasteiger partial charge on any atom is -0.497 e. The number of ether oxygens (including phenoxy) is 1. The molecule has 0 bridgehead atoms. The van der Waals surface area contributed by atoms with Gasteiger partial charge in [-0.1, -0.05) is 26.0 Å². The summed E-state index contributed by atoms with van der Waals surface area (Å²) in [6, 6.07) is 7.81. The van der Waals surface area contributed by atoms with Crippen molar-refractivity contribution in [3.63, 3.8) is 0 Å². The molecule has 0 N–H and O–H groups in total. The second-order valence-corrected chi connectivity index (χ2v) is 6.53. The Morgan fingerprint density at radius 3 is 2.64 bits per heavy atom. The Morgan fingerprint density at radius 2 is 2.00 bits per heavy atom. The van der Waals surface area contributed by atoms with E-state index in [4.69, 9.17) is 4.74 Å². The number of fused-ring (bicyclic) bond motifs is 1. The number of methoxy groups -OCH3 is 1. The number of benzene rings is 1. The van der Waals surface area contributed by atoms with Gasteiger partial charge in [-0.2, -0.15) is 0 Å². The van der Waals surface area contributed by atoms with E-state index in [2.05, 4.69) is 18.8 Å². The van der Waals surface area contributed by atoms with Crippen LogP contribution in [0.1, 0.15) is 13.8 Å². The van der Waals surface area contributed by atoms with Crippen molar-refractivity contribution in [3.8, 4) is 16.9 Å². The molecule has 0 fully saturated rings. The normalized spacial score (nSPS) is 11.3. The minimum absolute atomic E-state index is 0.0449. The zero-order chi connectivity index (χ0) is 15.7. The van der Waals surface area contributed by atoms with Gasteiger partial charge in [0.25, 0.3) is 5.56 Å². The van der Waals surface area contributed by atoms with Gasteiger partial charge in [0, 0.05) is 17.5 Å². The molecular weight excluding hydrogens is 296 g/mol. The summed E-state index contributed by atoms with van der Waals surface area (Å²) in [6.07, 6.45) is 1.66. The van der Waals surface area contributed by atoms with Crippen LogP contribution in [0.25, 0.3) is 21.3 Å². The van der Waals surface area contributed by atoms with E-state index >= 15 is 0 Å². The van der Waals surface area contributed by atoms with Gasteiger partial charge in [-0.25, -0.2) is 4.98 Å². The third-order valence-corrected chi connectivity index (χ3v) is 4.47. The molecule has 0 saturated heterocycles. The number of hydrogen-bond acceptors (Lipinski definition) is 4. The second-order valence-electron chi connectivity index (χ2n) is 5.65. The Balaban J connectivity index is 2.08. The molecule has 1 aromatic carbocycles. The summed E-state index contributed by atoms with van der Waals surface area (Å²) >= 11 is 1.46. The molecule has 3 aromatic rings. The maximum absolute atomic E-state index is 12.5. The largest absolute Gasteiger partial charge is 0.497 e. The maximum Gasteiger partial charge on any atom is 0.271 e. The lowest BCUT2D eigenvalue weighted by molar-refractivity contribution is 0.415. The smallest absolute Gasteiger partial charge is 0.271 e. The lowest BCUT2D eigenvalue weighted by atomic mass is 10.1. The van der Waals surface area contributed by atoms with Crippen molar-refractivity contribution in [2.45, 2.75) is 20.4 Å². The van der Waals surface area contributed by atoms with Crippen molar-refractivity contribution in [1.82, 2.24) is 9.55 Å². The average molecular weight is 314 g/mol. The Morgan fingerprint density at radius 1 is 1.27 bits per heavy atom. The molecular formula is C17H18N2O2S. The fourth-order valence-electron chi connectivity index (χ4n) is 2.44. The molecule has 0 aliphatic carbocycles. The van der Waals surface area contributed by atoms with E-state index in [1.54, 1.807) is 18.0 Å². The van der Waals surface area contributed by atoms with Crippen molar-refractivity contribution in [2.75, 3.05) is 7.11 Å². The molecule has 0 spiro atoms. The predicted octanol–water partition coefficient (Wildman–Crippen LogP) is 3.79. The van der Waals surface area contributed by atoms with Gasteiger partial charge in [0.15, 0.2) is 0 Å². The van der Waals surface area contributed by atoms with Crippen LogP contribution in [-0.2, 0) is 6.54 Å². The third-order valence-electron chi connectivity index (χ3n) is 3.51. The third kappa shape index (κ3) is 2.64. The zero-order valence-electron chi connectivity index (χ0n) is 12.9. The highest BCUT2D eigenvalue weighted by Crippen LogP contribution is 2.31. The number of nitrogens with zero attached hydrogens (tertiary/aromatic N) is 2. The van der Waals surface area contributed by atoms with Gasteiger partial charge >= 0.3 is 0 Å². The summed E-state index contributed by atoms with van der Waals surface area (Å²) < 4.78 is 7.59. The maximum atomic E-state index is 12.5. The summed E-state index contributed by atoms with van der Waals surface area (Å²) in [6.45, 7) is 4.87. The SMILES string of the molecule is COc1ccc(-c2csc3c(=O)n(CC(C)C)cnc23)cc1. The Labute approximate surface area is 133 Å². The average Bonchev–Trinajstić information content (AvgIpc) is 2.94. The molecule has 0 unspecified atom stereocenters. The summed E-state index contributed by atoms with van der Waals surface area (Å²) in [5.41, 5.74) is 2.86. The molecule has 114 valence electrons. The number of aromatic nitrogens is 2. The molecule has 2 heterocycles. The molecule has 0 aliphatic rings. The van der Waals surface area contributed by atoms with Crippen LogP contribution >= 0.6 is 11.3 Å². The van der Waals surface area contributed by atoms with Crippen LogP contribution in [-0.4, -0.2) is 16.7 Å². The molecule has 2 aromatic heterocycles. The van der Waals surface area contributed by atoms with Crippen molar-refractivity contribution in [1.29, 1.82) is 0 Å². The van der Waals surface area contributed by atoms with Gasteiger partial charge in [-0.15, -0.1) is 11.3 Å². The van der Waals surface area contributed by atoms with Crippen LogP contribution in [0.15, 0.2) is 40.8 Å². The summed E-state index contributed by atoms with van der Waals surface area (Å²) in [7, 11) is 1.65. The first-order valence-electron chi connectivity index (χ1n) is 7.21. The van der Waals surface area contributed by atoms with Crippen LogP contribution in [0.2, 0.25) is 0 Å². The van der Waals surface area contributed by atoms with Crippen molar-refractivity contribution in [2.24, 2.45) is 5.92 Å². The second kappa shape index (κ2) is 5.93. The molecule has 22 heavy (non-hydrogen) atoms. The highest BCUT2D eigenvalue weighted by atomic mass is 32.1. The summed E-state index contributed by atoms with van der Waals surface area (Å²) in [5.74, 6) is 1.23. The molecule has 0 atom stereocenters. The molecule has 4 nitrogen and oxygen atoms in total. The lowest BCUT2D eigenvalue weighted by Gasteiger charge is -2.08. The Bertz CT molecular complexity index is 847. The van der Waals surface area contributed by atoms with Crippen LogP contribution in [0.4, 0.5) is 0 Å². The minimum atomic E-state index is 0.0449. The molecule has 0 amide bonds. The molecule has 0 aliphatic heterocycles. The van der Waals surface area contributed by atoms with Crippen LogP contribution in [0.5, 0.6) is 5.75 Å². The first-order chi connectivity index (χ1) is 10.6. The van der Waals surface area contributed by atoms with E-state index < -0.39 is 0 Å². The molecule has 3 rings (SSSR count). The lowest BCUT2D eigenvalue weighted by Crippen LogP contribution is -2.22. The Hall–Kier alpha value is -2.14. The van der Waals surface area contributed by atoms with Gasteiger partial charge in [0.05, 0.1) is 19.0 Å². The van der Waals surface area contributed by atoms with Crippen molar-refractivity contribution < 1.29 is 4.74 Å². The van der Waals surface area contributed by atoms with Gasteiger partial charge < -0.3 is 4.74 Å². The number of hydrogen-bond donors (Lipinski definition) is 0. The number of rotatable bonds is 4. The standard InChI is InChI=1S/C17H18N2O2S/c1-11(2)8-19-10-18-15-14(9-22-16(15)17(19)20)12-4-6-13(21-3)7-5-12/h4-7,9-11H,8H2,1-3H3. The van der Waals surface area contributed by atoms with Crippen LogP contribution in [0.3, 0.4) is 0 Å². The Kier molecular flexibility index (Phi) is 3.98. The molecule has 0 radical (unpaired) electrons. The monoisotopic (exact) mass is 314 g/mol. The van der Waals surface area contributed by atoms with Crippen molar-refractivity contribution >= 4 is 21.6 Å². The fraction of sp³-hybridized carbons (Fsp3) is 0.294. The van der Waals surface area contributed by atoms with Crippen LogP contribution < -0.4 is 10.3 Å². The van der Waals surface area contributed by atoms with E-state index in [1.165, 1.54) is 11.3 Å². The van der Waals surface area contributed by atoms with E-state index in [0.29, 0.717) is 17.2 Å². The van der Waals surface area contributed by atoms with E-state index in [0.717, 1.165) is 22.4 Å². The predicted molar refractivity (Wildman–Crippen MR) is 90.7 cm³/mol. The summed E-state index contributed by atoms with van der Waals surface area (Å²) in [4.78, 5) is 17.0. The van der Waals surface area contributed by atoms with Gasteiger partial charge in [0.2, 0.25) is 0 Å². The van der Waals surface area contributed by atoms with Gasteiger partial charge in [-0.3, -0.25) is 9.36 Å². The topological polar surface area (TPSA) is 44.1 Å². The quantitative estimate of drug-likeness (QED) is 0.736. The van der Waals surface area contributed by atoms with Crippen LogP contribution in [0, 0.1) is 5.92 Å².